The molecule has 0 radical (unpaired) electrons. The van der Waals surface area contributed by atoms with E-state index >= 15 is 0 Å². The fraction of sp³-hybridized carbons (Fsp3) is 0.455. The van der Waals surface area contributed by atoms with E-state index in [0.29, 0.717) is 6.54 Å². The van der Waals surface area contributed by atoms with Gasteiger partial charge in [0.1, 0.15) is 5.82 Å². The lowest BCUT2D eigenvalue weighted by Gasteiger charge is -2.19. The molecule has 0 aromatic heterocycles. The smallest absolute Gasteiger partial charge is 0.123 e. The Morgan fingerprint density at radius 2 is 2.14 bits per heavy atom. The molecule has 1 aromatic carbocycles. The van der Waals surface area contributed by atoms with Gasteiger partial charge in [0.15, 0.2) is 0 Å². The van der Waals surface area contributed by atoms with Crippen LogP contribution in [-0.4, -0.2) is 32.1 Å². The van der Waals surface area contributed by atoms with E-state index in [0.717, 1.165) is 12.1 Å². The summed E-state index contributed by atoms with van der Waals surface area (Å²) < 4.78 is 12.9. The summed E-state index contributed by atoms with van der Waals surface area (Å²) in [4.78, 5) is 2.06. The zero-order chi connectivity index (χ0) is 10.6. The second-order valence-electron chi connectivity index (χ2n) is 3.75. The molecule has 1 rings (SSSR count). The normalized spacial score (nSPS) is 13.2. The Balaban J connectivity index is 2.78. The van der Waals surface area contributed by atoms with Crippen molar-refractivity contribution in [3.05, 3.63) is 35.6 Å². The molecule has 14 heavy (non-hydrogen) atoms. The van der Waals surface area contributed by atoms with Crippen LogP contribution in [0.5, 0.6) is 0 Å². The topological polar surface area (TPSA) is 29.3 Å². The van der Waals surface area contributed by atoms with E-state index in [4.69, 9.17) is 5.73 Å². The van der Waals surface area contributed by atoms with Gasteiger partial charge < -0.3 is 10.6 Å². The molecule has 0 aliphatic carbocycles. The largest absolute Gasteiger partial charge is 0.330 e. The maximum Gasteiger partial charge on any atom is 0.123 e. The van der Waals surface area contributed by atoms with Gasteiger partial charge in [-0.15, -0.1) is 0 Å². The van der Waals surface area contributed by atoms with Crippen molar-refractivity contribution >= 4 is 0 Å². The zero-order valence-electron chi connectivity index (χ0n) is 8.70. The first-order valence-electron chi connectivity index (χ1n) is 4.73. The Morgan fingerprint density at radius 3 is 2.64 bits per heavy atom. The molecule has 2 N–H and O–H groups in total. The van der Waals surface area contributed by atoms with Crippen LogP contribution in [0.15, 0.2) is 24.3 Å². The van der Waals surface area contributed by atoms with Crippen molar-refractivity contribution in [2.45, 2.75) is 5.92 Å². The lowest BCUT2D eigenvalue weighted by atomic mass is 9.99. The first-order valence-corrected chi connectivity index (χ1v) is 4.73. The van der Waals surface area contributed by atoms with Crippen molar-refractivity contribution in [3.63, 3.8) is 0 Å². The Hall–Kier alpha value is -0.930. The second kappa shape index (κ2) is 5.08. The van der Waals surface area contributed by atoms with Crippen LogP contribution < -0.4 is 5.73 Å². The number of benzene rings is 1. The first kappa shape index (κ1) is 11.1. The summed E-state index contributed by atoms with van der Waals surface area (Å²) in [5.74, 6) is 0.0143. The molecule has 0 aliphatic heterocycles. The van der Waals surface area contributed by atoms with Gasteiger partial charge in [0.05, 0.1) is 0 Å². The van der Waals surface area contributed by atoms with Gasteiger partial charge in [-0.3, -0.25) is 0 Å². The molecule has 0 saturated carbocycles. The van der Waals surface area contributed by atoms with Crippen molar-refractivity contribution in [1.29, 1.82) is 0 Å². The minimum absolute atomic E-state index is 0.195. The van der Waals surface area contributed by atoms with Gasteiger partial charge in [-0.05, 0) is 31.8 Å². The van der Waals surface area contributed by atoms with Gasteiger partial charge in [-0.25, -0.2) is 4.39 Å². The predicted octanol–water partition coefficient (Wildman–Crippen LogP) is 1.43. The minimum Gasteiger partial charge on any atom is -0.330 e. The van der Waals surface area contributed by atoms with E-state index in [1.54, 1.807) is 12.1 Å². The molecule has 0 bridgehead atoms. The third-order valence-corrected chi connectivity index (χ3v) is 2.19. The Labute approximate surface area is 84.5 Å². The molecule has 1 atom stereocenters. The second-order valence-corrected chi connectivity index (χ2v) is 3.75. The maximum absolute atomic E-state index is 12.9. The maximum atomic E-state index is 12.9. The number of hydrogen-bond acceptors (Lipinski definition) is 2. The van der Waals surface area contributed by atoms with E-state index in [1.807, 2.05) is 20.2 Å². The van der Waals surface area contributed by atoms with Gasteiger partial charge in [-0.2, -0.15) is 0 Å². The van der Waals surface area contributed by atoms with Gasteiger partial charge in [-0.1, -0.05) is 12.1 Å². The lowest BCUT2D eigenvalue weighted by molar-refractivity contribution is 0.375. The number of halogens is 1. The highest BCUT2D eigenvalue weighted by Crippen LogP contribution is 2.16. The molecule has 1 aromatic rings. The van der Waals surface area contributed by atoms with Gasteiger partial charge in [0, 0.05) is 19.0 Å². The molecular formula is C11H17FN2. The molecule has 0 heterocycles. The van der Waals surface area contributed by atoms with E-state index in [-0.39, 0.29) is 11.7 Å². The van der Waals surface area contributed by atoms with Crippen LogP contribution in [0.1, 0.15) is 11.5 Å². The zero-order valence-corrected chi connectivity index (χ0v) is 8.70. The Kier molecular flexibility index (Phi) is 4.04. The molecule has 78 valence electrons. The molecule has 3 heteroatoms. The van der Waals surface area contributed by atoms with Crippen molar-refractivity contribution < 1.29 is 4.39 Å². The summed E-state index contributed by atoms with van der Waals surface area (Å²) in [6, 6.07) is 6.65. The molecule has 0 fully saturated rings. The summed E-state index contributed by atoms with van der Waals surface area (Å²) in [6.45, 7) is 1.39. The molecule has 2 nitrogen and oxygen atoms in total. The van der Waals surface area contributed by atoms with Crippen molar-refractivity contribution in [2.24, 2.45) is 5.73 Å². The van der Waals surface area contributed by atoms with Crippen LogP contribution in [0, 0.1) is 5.82 Å². The average Bonchev–Trinajstić information content (AvgIpc) is 2.14. The average molecular weight is 196 g/mol. The fourth-order valence-corrected chi connectivity index (χ4v) is 1.52. The van der Waals surface area contributed by atoms with Crippen LogP contribution in [0.2, 0.25) is 0 Å². The third-order valence-electron chi connectivity index (χ3n) is 2.19. The molecule has 0 aliphatic rings. The SMILES string of the molecule is CN(C)CC(CN)c1cccc(F)c1. The highest BCUT2D eigenvalue weighted by molar-refractivity contribution is 5.21. The summed E-state index contributed by atoms with van der Waals surface area (Å²) in [5, 5.41) is 0. The number of rotatable bonds is 4. The van der Waals surface area contributed by atoms with E-state index in [9.17, 15) is 4.39 Å². The standard InChI is InChI=1S/C11H17FN2/c1-14(2)8-10(7-13)9-4-3-5-11(12)6-9/h3-6,10H,7-8,13H2,1-2H3. The van der Waals surface area contributed by atoms with Gasteiger partial charge in [0.2, 0.25) is 0 Å². The van der Waals surface area contributed by atoms with Crippen LogP contribution >= 0.6 is 0 Å². The molecule has 1 unspecified atom stereocenters. The molecule has 0 saturated heterocycles. The third kappa shape index (κ3) is 3.09. The van der Waals surface area contributed by atoms with Crippen LogP contribution in [0.4, 0.5) is 4.39 Å². The molecule has 0 spiro atoms. The van der Waals surface area contributed by atoms with Crippen LogP contribution in [0.3, 0.4) is 0 Å². The minimum atomic E-state index is -0.195. The summed E-state index contributed by atoms with van der Waals surface area (Å²) in [5.41, 5.74) is 6.63. The Bertz CT molecular complexity index is 286. The Morgan fingerprint density at radius 1 is 1.43 bits per heavy atom. The monoisotopic (exact) mass is 196 g/mol. The van der Waals surface area contributed by atoms with Crippen LogP contribution in [-0.2, 0) is 0 Å². The summed E-state index contributed by atoms with van der Waals surface area (Å²) >= 11 is 0. The van der Waals surface area contributed by atoms with E-state index in [2.05, 4.69) is 4.90 Å². The van der Waals surface area contributed by atoms with Gasteiger partial charge in [0.25, 0.3) is 0 Å². The van der Waals surface area contributed by atoms with Crippen LogP contribution in [0.25, 0.3) is 0 Å². The molecule has 0 amide bonds. The highest BCUT2D eigenvalue weighted by Gasteiger charge is 2.10. The number of likely N-dealkylation sites (N-methyl/N-ethyl adjacent to an activating group) is 1. The number of hydrogen-bond donors (Lipinski definition) is 1. The highest BCUT2D eigenvalue weighted by atomic mass is 19.1. The summed E-state index contributed by atoms with van der Waals surface area (Å²) in [6.07, 6.45) is 0. The first-order chi connectivity index (χ1) is 6.63. The number of nitrogens with two attached hydrogens (primary N) is 1. The van der Waals surface area contributed by atoms with Gasteiger partial charge >= 0.3 is 0 Å². The van der Waals surface area contributed by atoms with E-state index < -0.39 is 0 Å². The summed E-state index contributed by atoms with van der Waals surface area (Å²) in [7, 11) is 3.98. The van der Waals surface area contributed by atoms with Crippen molar-refractivity contribution in [1.82, 2.24) is 4.90 Å². The quantitative estimate of drug-likeness (QED) is 0.789. The predicted molar refractivity (Wildman–Crippen MR) is 56.7 cm³/mol. The van der Waals surface area contributed by atoms with E-state index in [1.165, 1.54) is 6.07 Å². The fourth-order valence-electron chi connectivity index (χ4n) is 1.52. The van der Waals surface area contributed by atoms with Crippen molar-refractivity contribution in [3.8, 4) is 0 Å². The molecular weight excluding hydrogens is 179 g/mol. The van der Waals surface area contributed by atoms with Crippen molar-refractivity contribution in [2.75, 3.05) is 27.2 Å². The number of nitrogens with zero attached hydrogens (tertiary/aromatic N) is 1. The lowest BCUT2D eigenvalue weighted by Crippen LogP contribution is -2.25.